The first-order valence-corrected chi connectivity index (χ1v) is 6.11. The van der Waals surface area contributed by atoms with Gasteiger partial charge in [0.15, 0.2) is 0 Å². The third-order valence-corrected chi connectivity index (χ3v) is 2.93. The molecule has 0 fully saturated rings. The molecular formula is C12H14ClFN4. The third kappa shape index (κ3) is 3.05. The van der Waals surface area contributed by atoms with Crippen molar-refractivity contribution in [2.75, 3.05) is 6.54 Å². The second-order valence-corrected chi connectivity index (χ2v) is 4.34. The van der Waals surface area contributed by atoms with Crippen LogP contribution in [0.1, 0.15) is 24.4 Å². The summed E-state index contributed by atoms with van der Waals surface area (Å²) in [6.45, 7) is 2.82. The topological polar surface area (TPSA) is 53.6 Å². The number of likely N-dealkylation sites (N-methyl/N-ethyl adjacent to an activating group) is 1. The molecule has 2 rings (SSSR count). The minimum atomic E-state index is -0.403. The predicted molar refractivity (Wildman–Crippen MR) is 67.9 cm³/mol. The lowest BCUT2D eigenvalue weighted by molar-refractivity contribution is 0.522. The van der Waals surface area contributed by atoms with Gasteiger partial charge in [-0.3, -0.25) is 5.10 Å². The monoisotopic (exact) mass is 268 g/mol. The minimum absolute atomic E-state index is 0.0130. The van der Waals surface area contributed by atoms with Crippen molar-refractivity contribution in [3.05, 3.63) is 46.8 Å². The quantitative estimate of drug-likeness (QED) is 0.876. The summed E-state index contributed by atoms with van der Waals surface area (Å²) in [5.74, 6) is 0.359. The van der Waals surface area contributed by atoms with Crippen LogP contribution in [0.3, 0.4) is 0 Å². The molecule has 1 heterocycles. The Balaban J connectivity index is 2.16. The van der Waals surface area contributed by atoms with E-state index in [4.69, 9.17) is 11.6 Å². The molecule has 2 N–H and O–H groups in total. The van der Waals surface area contributed by atoms with Gasteiger partial charge in [-0.15, -0.1) is 0 Å². The molecule has 0 aliphatic rings. The van der Waals surface area contributed by atoms with Crippen LogP contribution < -0.4 is 5.32 Å². The van der Waals surface area contributed by atoms with Gasteiger partial charge >= 0.3 is 0 Å². The molecule has 1 aromatic heterocycles. The zero-order chi connectivity index (χ0) is 13.0. The normalized spacial score (nSPS) is 12.6. The summed E-state index contributed by atoms with van der Waals surface area (Å²) < 4.78 is 13.1. The van der Waals surface area contributed by atoms with E-state index in [1.165, 1.54) is 12.4 Å². The second kappa shape index (κ2) is 5.93. The molecule has 1 unspecified atom stereocenters. The van der Waals surface area contributed by atoms with Crippen LogP contribution in [-0.4, -0.2) is 21.7 Å². The van der Waals surface area contributed by atoms with Gasteiger partial charge in [-0.2, -0.15) is 5.10 Å². The van der Waals surface area contributed by atoms with Crippen LogP contribution >= 0.6 is 11.6 Å². The number of hydrogen-bond donors (Lipinski definition) is 2. The van der Waals surface area contributed by atoms with Crippen LogP contribution in [0.2, 0.25) is 5.02 Å². The van der Waals surface area contributed by atoms with Gasteiger partial charge in [0.1, 0.15) is 18.0 Å². The van der Waals surface area contributed by atoms with Crippen molar-refractivity contribution < 1.29 is 4.39 Å². The van der Waals surface area contributed by atoms with Crippen molar-refractivity contribution in [2.45, 2.75) is 19.4 Å². The molecule has 4 nitrogen and oxygen atoms in total. The maximum Gasteiger partial charge on any atom is 0.141 e. The highest BCUT2D eigenvalue weighted by Gasteiger charge is 2.14. The molecule has 0 radical (unpaired) electrons. The lowest BCUT2D eigenvalue weighted by Crippen LogP contribution is -2.24. The van der Waals surface area contributed by atoms with E-state index >= 15 is 0 Å². The van der Waals surface area contributed by atoms with Gasteiger partial charge < -0.3 is 5.32 Å². The van der Waals surface area contributed by atoms with Crippen molar-refractivity contribution in [3.8, 4) is 0 Å². The van der Waals surface area contributed by atoms with Crippen LogP contribution in [0.15, 0.2) is 24.5 Å². The Hall–Kier alpha value is -1.46. The molecule has 18 heavy (non-hydrogen) atoms. The SMILES string of the molecule is CCNC(Cc1ccc(F)c(Cl)c1)c1ncn[nH]1. The Labute approximate surface area is 110 Å². The van der Waals surface area contributed by atoms with Crippen LogP contribution in [0.25, 0.3) is 0 Å². The molecule has 1 atom stereocenters. The molecule has 0 spiro atoms. The van der Waals surface area contributed by atoms with Gasteiger partial charge in [0, 0.05) is 0 Å². The molecule has 0 saturated heterocycles. The molecular weight excluding hydrogens is 255 g/mol. The maximum absolute atomic E-state index is 13.1. The number of hydrogen-bond acceptors (Lipinski definition) is 3. The van der Waals surface area contributed by atoms with E-state index in [9.17, 15) is 4.39 Å². The number of rotatable bonds is 5. The average molecular weight is 269 g/mol. The smallest absolute Gasteiger partial charge is 0.141 e. The summed E-state index contributed by atoms with van der Waals surface area (Å²) in [6.07, 6.45) is 2.14. The largest absolute Gasteiger partial charge is 0.307 e. The van der Waals surface area contributed by atoms with E-state index < -0.39 is 5.82 Å². The number of H-pyrrole nitrogens is 1. The van der Waals surface area contributed by atoms with E-state index in [2.05, 4.69) is 20.5 Å². The fourth-order valence-corrected chi connectivity index (χ4v) is 2.00. The first kappa shape index (κ1) is 13.0. The van der Waals surface area contributed by atoms with Gasteiger partial charge in [0.05, 0.1) is 11.1 Å². The van der Waals surface area contributed by atoms with Crippen molar-refractivity contribution in [1.29, 1.82) is 0 Å². The van der Waals surface area contributed by atoms with E-state index in [0.717, 1.165) is 17.9 Å². The van der Waals surface area contributed by atoms with Crippen molar-refractivity contribution in [3.63, 3.8) is 0 Å². The average Bonchev–Trinajstić information content (AvgIpc) is 2.87. The van der Waals surface area contributed by atoms with E-state index in [1.54, 1.807) is 12.1 Å². The number of nitrogens with one attached hydrogen (secondary N) is 2. The molecule has 2 aromatic rings. The Bertz CT molecular complexity index is 501. The highest BCUT2D eigenvalue weighted by molar-refractivity contribution is 6.30. The Morgan fingerprint density at radius 2 is 2.33 bits per heavy atom. The summed E-state index contributed by atoms with van der Waals surface area (Å²) >= 11 is 5.77. The fourth-order valence-electron chi connectivity index (χ4n) is 1.80. The van der Waals surface area contributed by atoms with Gasteiger partial charge in [-0.1, -0.05) is 24.6 Å². The van der Waals surface area contributed by atoms with Gasteiger partial charge in [-0.25, -0.2) is 9.37 Å². The highest BCUT2D eigenvalue weighted by Crippen LogP contribution is 2.20. The summed E-state index contributed by atoms with van der Waals surface area (Å²) in [6, 6.07) is 4.75. The molecule has 6 heteroatoms. The molecule has 0 saturated carbocycles. The van der Waals surface area contributed by atoms with Crippen LogP contribution in [0.4, 0.5) is 4.39 Å². The van der Waals surface area contributed by atoms with Gasteiger partial charge in [0.2, 0.25) is 0 Å². The van der Waals surface area contributed by atoms with Crippen LogP contribution in [-0.2, 0) is 6.42 Å². The number of aromatic nitrogens is 3. The molecule has 0 aliphatic heterocycles. The highest BCUT2D eigenvalue weighted by atomic mass is 35.5. The third-order valence-electron chi connectivity index (χ3n) is 2.64. The molecule has 0 bridgehead atoms. The fraction of sp³-hybridized carbons (Fsp3) is 0.333. The van der Waals surface area contributed by atoms with E-state index in [-0.39, 0.29) is 11.1 Å². The Morgan fingerprint density at radius 1 is 1.50 bits per heavy atom. The first-order chi connectivity index (χ1) is 8.70. The standard InChI is InChI=1S/C12H14ClFN4/c1-2-15-11(12-16-7-17-18-12)6-8-3-4-10(14)9(13)5-8/h3-5,7,11,15H,2,6H2,1H3,(H,16,17,18). The summed E-state index contributed by atoms with van der Waals surface area (Å²) in [5, 5.41) is 10.1. The zero-order valence-corrected chi connectivity index (χ0v) is 10.7. The number of aromatic amines is 1. The predicted octanol–water partition coefficient (Wildman–Crippen LogP) is 2.49. The summed E-state index contributed by atoms with van der Waals surface area (Å²) in [4.78, 5) is 4.14. The number of halogens is 2. The maximum atomic E-state index is 13.1. The van der Waals surface area contributed by atoms with E-state index in [1.807, 2.05) is 6.92 Å². The lowest BCUT2D eigenvalue weighted by atomic mass is 10.1. The molecule has 0 amide bonds. The van der Waals surface area contributed by atoms with Crippen molar-refractivity contribution in [2.24, 2.45) is 0 Å². The Morgan fingerprint density at radius 3 is 2.94 bits per heavy atom. The molecule has 0 aliphatic carbocycles. The first-order valence-electron chi connectivity index (χ1n) is 5.73. The second-order valence-electron chi connectivity index (χ2n) is 3.93. The number of nitrogens with zero attached hydrogens (tertiary/aromatic N) is 2. The van der Waals surface area contributed by atoms with E-state index in [0.29, 0.717) is 6.42 Å². The summed E-state index contributed by atoms with van der Waals surface area (Å²) in [7, 11) is 0. The molecule has 1 aromatic carbocycles. The molecule has 96 valence electrons. The number of benzene rings is 1. The van der Waals surface area contributed by atoms with Gasteiger partial charge in [-0.05, 0) is 30.7 Å². The van der Waals surface area contributed by atoms with Gasteiger partial charge in [0.25, 0.3) is 0 Å². The summed E-state index contributed by atoms with van der Waals surface area (Å²) in [5.41, 5.74) is 0.948. The lowest BCUT2D eigenvalue weighted by Gasteiger charge is -2.15. The minimum Gasteiger partial charge on any atom is -0.307 e. The van der Waals surface area contributed by atoms with Crippen LogP contribution in [0, 0.1) is 5.82 Å². The van der Waals surface area contributed by atoms with Crippen molar-refractivity contribution in [1.82, 2.24) is 20.5 Å². The zero-order valence-electron chi connectivity index (χ0n) is 9.95. The van der Waals surface area contributed by atoms with Crippen molar-refractivity contribution >= 4 is 11.6 Å². The van der Waals surface area contributed by atoms with Crippen LogP contribution in [0.5, 0.6) is 0 Å². The Kier molecular flexibility index (Phi) is 4.28.